The van der Waals surface area contributed by atoms with Crippen LogP contribution in [0.25, 0.3) is 0 Å². The molecule has 103 heavy (non-hydrogen) atoms. The molecular weight excluding hydrogens is 1430 g/mol. The summed E-state index contributed by atoms with van der Waals surface area (Å²) in [6.45, 7) is -4.88. The first-order valence-corrected chi connectivity index (χ1v) is 33.2. The van der Waals surface area contributed by atoms with E-state index in [2.05, 4.69) is 30.8 Å². The first-order valence-electron chi connectivity index (χ1n) is 31.8. The summed E-state index contributed by atoms with van der Waals surface area (Å²) in [7, 11) is -5.20. The van der Waals surface area contributed by atoms with Crippen LogP contribution >= 0.6 is 0 Å². The minimum absolute atomic E-state index is 0.838. The number of aliphatic hydroxyl groups excluding tert-OH is 19. The van der Waals surface area contributed by atoms with Gasteiger partial charge in [0.1, 0.15) is 159 Å². The Hall–Kier alpha value is -4.55. The van der Waals surface area contributed by atoms with Crippen molar-refractivity contribution in [3.63, 3.8) is 0 Å². The predicted octanol–water partition coefficient (Wildman–Crippen LogP) is -16.9. The lowest BCUT2D eigenvalue weighted by atomic mass is 9.88. The van der Waals surface area contributed by atoms with Crippen LogP contribution in [-0.2, 0) is 100 Å². The number of rotatable bonds is 33. The Bertz CT molecular complexity index is 2890. The number of ether oxygens (including phenoxy) is 12. The average Bonchev–Trinajstić information content (AvgIpc) is 0.783. The van der Waals surface area contributed by atoms with Crippen molar-refractivity contribution in [2.24, 2.45) is 0 Å². The van der Waals surface area contributed by atoms with E-state index in [1.807, 2.05) is 0 Å². The van der Waals surface area contributed by atoms with E-state index in [4.69, 9.17) is 61.4 Å². The van der Waals surface area contributed by atoms with Gasteiger partial charge in [-0.3, -0.25) is 28.5 Å². The normalized spacial score (nSPS) is 40.6. The number of carbonyl (C=O) groups is 6. The number of nitrogens with one attached hydrogen (secondary N) is 5. The van der Waals surface area contributed by atoms with Crippen LogP contribution in [-0.4, -0.2) is 417 Å². The van der Waals surface area contributed by atoms with Crippen LogP contribution in [0.2, 0.25) is 0 Å². The molecule has 6 heterocycles. The zero-order valence-electron chi connectivity index (χ0n) is 55.4. The molecule has 0 aromatic heterocycles. The number of hydrogen-bond donors (Lipinski definition) is 26. The van der Waals surface area contributed by atoms with Crippen molar-refractivity contribution in [2.45, 2.75) is 255 Å². The number of carboxylic acids is 1. The van der Waals surface area contributed by atoms with E-state index in [1.54, 1.807) is 0 Å². The highest BCUT2D eigenvalue weighted by Gasteiger charge is 2.60. The molecule has 0 spiro atoms. The van der Waals surface area contributed by atoms with Gasteiger partial charge < -0.3 is 186 Å². The molecule has 0 radical (unpaired) electrons. The third kappa shape index (κ3) is 21.4. The van der Waals surface area contributed by atoms with E-state index in [-0.39, 0.29) is 0 Å². The lowest BCUT2D eigenvalue weighted by Crippen LogP contribution is -2.71. The molecule has 0 bridgehead atoms. The molecule has 596 valence electrons. The van der Waals surface area contributed by atoms with E-state index in [0.717, 1.165) is 34.6 Å². The minimum atomic E-state index is -5.20. The topological polar surface area (TPSA) is 742 Å². The summed E-state index contributed by atoms with van der Waals surface area (Å²) in [6.07, 6.45) is -63.1. The van der Waals surface area contributed by atoms with Crippen LogP contribution < -0.4 is 26.6 Å². The van der Waals surface area contributed by atoms with Gasteiger partial charge in [-0.25, -0.2) is 8.98 Å². The van der Waals surface area contributed by atoms with Gasteiger partial charge in [0, 0.05) is 41.0 Å². The Labute approximate surface area is 583 Å². The minimum Gasteiger partial charge on any atom is -0.477 e. The molecule has 6 aliphatic heterocycles. The summed E-state index contributed by atoms with van der Waals surface area (Å²) >= 11 is 0. The molecule has 0 saturated carbocycles. The summed E-state index contributed by atoms with van der Waals surface area (Å²) in [5.74, 6) is -9.78. The molecule has 5 amide bonds. The molecule has 6 aliphatic rings. The number of aliphatic carboxylic acids is 1. The molecule has 35 atom stereocenters. The van der Waals surface area contributed by atoms with E-state index in [9.17, 15) is 139 Å². The molecule has 26 N–H and O–H groups in total. The number of carbonyl (C=O) groups excluding carboxylic acids is 5. The summed E-state index contributed by atoms with van der Waals surface area (Å²) in [5, 5.41) is 232. The molecular formula is C55H93N5O42S. The first-order chi connectivity index (χ1) is 48.2. The fourth-order valence-electron chi connectivity index (χ4n) is 12.4. The zero-order chi connectivity index (χ0) is 77.2. The monoisotopic (exact) mass is 1530 g/mol. The molecule has 6 rings (SSSR count). The van der Waals surface area contributed by atoms with Gasteiger partial charge in [0.05, 0.1) is 71.0 Å². The van der Waals surface area contributed by atoms with E-state index in [0.29, 0.717) is 0 Å². The average molecular weight is 1530 g/mol. The van der Waals surface area contributed by atoms with Gasteiger partial charge in [-0.15, -0.1) is 0 Å². The smallest absolute Gasteiger partial charge is 0.397 e. The van der Waals surface area contributed by atoms with Crippen LogP contribution in [0.15, 0.2) is 0 Å². The lowest BCUT2D eigenvalue weighted by Gasteiger charge is -2.51. The predicted molar refractivity (Wildman–Crippen MR) is 320 cm³/mol. The van der Waals surface area contributed by atoms with Gasteiger partial charge in [0.25, 0.3) is 5.79 Å². The molecule has 47 nitrogen and oxygen atoms in total. The Balaban J connectivity index is 1.23. The number of amides is 5. The van der Waals surface area contributed by atoms with Crippen molar-refractivity contribution < 1.29 is 205 Å². The standard InChI is InChI=1S/C55H93N5O42S/c1-15(67)56-20(7-61)43(34(76)23(74)13-90-55(54(85)86)6-21(72)29(57-16(2)68)46(102-55)33(75)22(73)8-62)97-50-31(59-18(4)70)39(81)44(26(11-65)94-50)98-53-42(84)48(37(79)25(10-64)93-53)101-51-32(60-19(5)71)40(82)45(27(12-66)95-51)99-52-41(83)47(36(78)24(9-63)92-52)100-49-30(58-17(3)69)38(80)35(77)28(96-49)14-91-103(87,88)89/h20-53,61-66,72-84H,6-14H2,1-5H3,(H,56,67)(H,57,68)(H,58,69)(H,59,70)(H,60,71)(H,85,86)(H,87,88,89)/t20-,21-,22+,23+,24+,25+,26+,27+,28+,29+,30+,31+,32+,33+,34-,35+,36-,37-,38+,39+,40+,41+,42+,43+,44+,45+,46+,47-,48-,49-,50-,51-,52-,53-,55+/m0/s1. The summed E-state index contributed by atoms with van der Waals surface area (Å²) in [5.41, 5.74) is 0. The molecule has 6 saturated heterocycles. The summed E-state index contributed by atoms with van der Waals surface area (Å²) in [6, 6.07) is -9.27. The maximum absolute atomic E-state index is 12.9. The zero-order valence-corrected chi connectivity index (χ0v) is 56.2. The van der Waals surface area contributed by atoms with Crippen molar-refractivity contribution in [3.05, 3.63) is 0 Å². The summed E-state index contributed by atoms with van der Waals surface area (Å²) < 4.78 is 106. The maximum atomic E-state index is 12.9. The third-order valence-corrected chi connectivity index (χ3v) is 17.8. The van der Waals surface area contributed by atoms with Gasteiger partial charge >= 0.3 is 16.4 Å². The van der Waals surface area contributed by atoms with E-state index in [1.165, 1.54) is 0 Å². The molecule has 0 aromatic carbocycles. The Morgan fingerprint density at radius 3 is 1.30 bits per heavy atom. The van der Waals surface area contributed by atoms with Crippen LogP contribution in [0, 0.1) is 0 Å². The third-order valence-electron chi connectivity index (χ3n) is 17.4. The fourth-order valence-corrected chi connectivity index (χ4v) is 12.7. The molecule has 0 unspecified atom stereocenters. The van der Waals surface area contributed by atoms with Crippen molar-refractivity contribution >= 4 is 45.9 Å². The maximum Gasteiger partial charge on any atom is 0.397 e. The first kappa shape index (κ1) is 87.4. The number of aliphatic hydroxyl groups is 19. The van der Waals surface area contributed by atoms with E-state index < -0.39 is 319 Å². The Morgan fingerprint density at radius 2 is 0.893 bits per heavy atom. The molecule has 48 heteroatoms. The van der Waals surface area contributed by atoms with Crippen LogP contribution in [0.5, 0.6) is 0 Å². The van der Waals surface area contributed by atoms with E-state index >= 15 is 0 Å². The molecule has 6 fully saturated rings. The highest BCUT2D eigenvalue weighted by atomic mass is 32.3. The Morgan fingerprint density at radius 1 is 0.485 bits per heavy atom. The van der Waals surface area contributed by atoms with Crippen molar-refractivity contribution in [1.82, 2.24) is 26.6 Å². The molecule has 0 aromatic rings. The quantitative estimate of drug-likeness (QED) is 0.0271. The Kier molecular flexibility index (Phi) is 32.2. The van der Waals surface area contributed by atoms with Gasteiger partial charge in [0.2, 0.25) is 29.5 Å². The SMILES string of the molecule is CC(=O)N[C@H]1[C@H](O[C@H]2[C@@H](O)[C@@H](CO)O[C@@H](O[C@H]3[C@H](O)[C@@H](NC(C)=O)[C@H](O[C@@H]([C@@H](O)[C@H](O)CO[C@]4(C(=O)O)C[C@H](O)[C@@H](NC(C)=O)[C@H]([C@H](O)[C@H](O)CO)O4)[C@H](CO)NC(C)=O)O[C@@H]3CO)[C@@H]2O)O[C@H](CO)[C@@H](O[C@@H]2O[C@H](CO)[C@H](O)[C@H](O[C@@H]3O[C@H](COS(=O)(=O)O)[C@@H](O)[C@H](O)[C@H]3NC(C)=O)[C@H]2O)[C@@H]1O. The summed E-state index contributed by atoms with van der Waals surface area (Å²) in [4.78, 5) is 75.4. The van der Waals surface area contributed by atoms with Gasteiger partial charge in [-0.05, 0) is 0 Å². The second-order valence-electron chi connectivity index (χ2n) is 25.0. The second-order valence-corrected chi connectivity index (χ2v) is 26.1. The molecule has 0 aliphatic carbocycles. The fraction of sp³-hybridized carbons (Fsp3) is 0.891. The van der Waals surface area contributed by atoms with Crippen LogP contribution in [0.4, 0.5) is 0 Å². The van der Waals surface area contributed by atoms with Crippen molar-refractivity contribution in [1.29, 1.82) is 0 Å². The van der Waals surface area contributed by atoms with Crippen molar-refractivity contribution in [3.8, 4) is 0 Å². The number of hydrogen-bond acceptors (Lipinski definition) is 40. The van der Waals surface area contributed by atoms with Crippen molar-refractivity contribution in [2.75, 3.05) is 52.9 Å². The van der Waals surface area contributed by atoms with Crippen LogP contribution in [0.3, 0.4) is 0 Å². The highest BCUT2D eigenvalue weighted by Crippen LogP contribution is 2.39. The second kappa shape index (κ2) is 38.0. The lowest BCUT2D eigenvalue weighted by molar-refractivity contribution is -0.383. The van der Waals surface area contributed by atoms with Crippen LogP contribution in [0.1, 0.15) is 41.0 Å². The number of carboxylic acid groups (broad SMARTS) is 1. The van der Waals surface area contributed by atoms with Gasteiger partial charge in [0.15, 0.2) is 31.5 Å². The highest BCUT2D eigenvalue weighted by molar-refractivity contribution is 7.80. The van der Waals surface area contributed by atoms with Gasteiger partial charge in [-0.1, -0.05) is 0 Å². The largest absolute Gasteiger partial charge is 0.477 e. The van der Waals surface area contributed by atoms with Gasteiger partial charge in [-0.2, -0.15) is 8.42 Å².